The zero-order valence-corrected chi connectivity index (χ0v) is 15.3. The highest BCUT2D eigenvalue weighted by molar-refractivity contribution is 6.09. The number of anilines is 1. The van der Waals surface area contributed by atoms with Crippen molar-refractivity contribution in [2.45, 2.75) is 13.3 Å². The van der Waals surface area contributed by atoms with Gasteiger partial charge in [-0.15, -0.1) is 0 Å². The number of rotatable bonds is 7. The van der Waals surface area contributed by atoms with E-state index >= 15 is 0 Å². The lowest BCUT2D eigenvalue weighted by atomic mass is 10.0. The van der Waals surface area contributed by atoms with Crippen molar-refractivity contribution in [2.24, 2.45) is 0 Å². The largest absolute Gasteiger partial charge is 0.478 e. The van der Waals surface area contributed by atoms with Crippen molar-refractivity contribution in [3.8, 4) is 0 Å². The Hall–Kier alpha value is -3.48. The van der Waals surface area contributed by atoms with Gasteiger partial charge in [0.2, 0.25) is 5.95 Å². The summed E-state index contributed by atoms with van der Waals surface area (Å²) in [5.74, 6) is -0.466. The average Bonchev–Trinajstić information content (AvgIpc) is 2.69. The summed E-state index contributed by atoms with van der Waals surface area (Å²) in [5.41, 5.74) is 2.80. The van der Waals surface area contributed by atoms with Gasteiger partial charge in [0.15, 0.2) is 0 Å². The van der Waals surface area contributed by atoms with Crippen LogP contribution in [0.3, 0.4) is 0 Å². The van der Waals surface area contributed by atoms with Crippen LogP contribution in [-0.4, -0.2) is 39.6 Å². The molecule has 0 radical (unpaired) electrons. The molecule has 3 aromatic rings. The molecule has 0 aliphatic rings. The van der Waals surface area contributed by atoms with Crippen LogP contribution in [0.5, 0.6) is 0 Å². The molecule has 0 unspecified atom stereocenters. The summed E-state index contributed by atoms with van der Waals surface area (Å²) in [6.07, 6.45) is 6.17. The van der Waals surface area contributed by atoms with E-state index in [1.54, 1.807) is 43.7 Å². The van der Waals surface area contributed by atoms with Gasteiger partial charge in [-0.25, -0.2) is 19.7 Å². The first-order chi connectivity index (χ1) is 13.1. The number of nitrogens with one attached hydrogen (secondary N) is 2. The van der Waals surface area contributed by atoms with E-state index in [0.717, 1.165) is 29.3 Å². The average molecular weight is 363 g/mol. The quantitative estimate of drug-likeness (QED) is 0.437. The molecule has 7 heteroatoms. The van der Waals surface area contributed by atoms with E-state index in [1.165, 1.54) is 0 Å². The molecule has 2 aromatic heterocycles. The van der Waals surface area contributed by atoms with Gasteiger partial charge in [-0.3, -0.25) is 0 Å². The van der Waals surface area contributed by atoms with Gasteiger partial charge < -0.3 is 15.7 Å². The minimum Gasteiger partial charge on any atom is -0.478 e. The Morgan fingerprint density at radius 3 is 2.78 bits per heavy atom. The van der Waals surface area contributed by atoms with Crippen molar-refractivity contribution in [1.29, 1.82) is 0 Å². The summed E-state index contributed by atoms with van der Waals surface area (Å²) in [6.45, 7) is 6.70. The second-order valence-corrected chi connectivity index (χ2v) is 5.97. The van der Waals surface area contributed by atoms with Crippen molar-refractivity contribution in [3.05, 3.63) is 54.5 Å². The Labute approximate surface area is 156 Å². The van der Waals surface area contributed by atoms with Crippen molar-refractivity contribution >= 4 is 39.3 Å². The van der Waals surface area contributed by atoms with Crippen LogP contribution in [0.2, 0.25) is 0 Å². The molecule has 0 bridgehead atoms. The molecule has 0 saturated carbocycles. The van der Waals surface area contributed by atoms with Crippen LogP contribution in [0.1, 0.15) is 29.4 Å². The highest BCUT2D eigenvalue weighted by Gasteiger charge is 2.15. The van der Waals surface area contributed by atoms with Crippen molar-refractivity contribution < 1.29 is 9.90 Å². The number of fused-ring (bicyclic) bond motifs is 3. The van der Waals surface area contributed by atoms with Gasteiger partial charge in [0.25, 0.3) is 0 Å². The minimum atomic E-state index is -0.995. The lowest BCUT2D eigenvalue weighted by Gasteiger charge is -2.12. The molecule has 3 N–H and O–H groups in total. The van der Waals surface area contributed by atoms with Crippen LogP contribution < -0.4 is 10.6 Å². The standard InChI is InChI=1S/C20H21N5O2/c1-4-8-22-20-23-11-15-14-7-6-13(19(26)27)9-16(14)24-17(18(15)25-20)12(5-2)10-21-3/h5-7,9-11,21H,2,4,8H2,1,3H3,(H,26,27)(H,22,23,25)/b12-10+. The fraction of sp³-hybridized carbons (Fsp3) is 0.200. The molecule has 27 heavy (non-hydrogen) atoms. The van der Waals surface area contributed by atoms with E-state index in [4.69, 9.17) is 4.98 Å². The monoisotopic (exact) mass is 363 g/mol. The topological polar surface area (TPSA) is 100 Å². The molecule has 0 saturated heterocycles. The van der Waals surface area contributed by atoms with Gasteiger partial charge in [-0.1, -0.05) is 25.6 Å². The molecule has 3 rings (SSSR count). The van der Waals surface area contributed by atoms with Crippen LogP contribution in [-0.2, 0) is 0 Å². The number of carbonyl (C=O) groups is 1. The van der Waals surface area contributed by atoms with Crippen molar-refractivity contribution in [3.63, 3.8) is 0 Å². The number of allylic oxidation sites excluding steroid dienone is 2. The summed E-state index contributed by atoms with van der Waals surface area (Å²) in [5, 5.41) is 17.1. The van der Waals surface area contributed by atoms with E-state index in [1.807, 2.05) is 0 Å². The summed E-state index contributed by atoms with van der Waals surface area (Å²) >= 11 is 0. The fourth-order valence-electron chi connectivity index (χ4n) is 2.82. The van der Waals surface area contributed by atoms with E-state index < -0.39 is 5.97 Å². The lowest BCUT2D eigenvalue weighted by Crippen LogP contribution is -2.06. The van der Waals surface area contributed by atoms with Gasteiger partial charge in [0, 0.05) is 42.3 Å². The summed E-state index contributed by atoms with van der Waals surface area (Å²) in [7, 11) is 1.79. The normalized spacial score (nSPS) is 11.6. The number of aromatic carboxylic acids is 1. The molecule has 7 nitrogen and oxygen atoms in total. The predicted molar refractivity (Wildman–Crippen MR) is 108 cm³/mol. The SMILES string of the molecule is C=C/C(=C\NC)c1nc2cc(C(=O)O)ccc2c2cnc(NCCC)nc12. The number of carboxylic acid groups (broad SMARTS) is 1. The summed E-state index contributed by atoms with van der Waals surface area (Å²) < 4.78 is 0. The first kappa shape index (κ1) is 18.3. The zero-order valence-electron chi connectivity index (χ0n) is 15.3. The van der Waals surface area contributed by atoms with E-state index in [-0.39, 0.29) is 5.56 Å². The van der Waals surface area contributed by atoms with E-state index in [0.29, 0.717) is 22.7 Å². The summed E-state index contributed by atoms with van der Waals surface area (Å²) in [6, 6.07) is 4.87. The molecule has 0 atom stereocenters. The van der Waals surface area contributed by atoms with Gasteiger partial charge in [0.05, 0.1) is 16.8 Å². The molecular weight excluding hydrogens is 342 g/mol. The highest BCUT2D eigenvalue weighted by atomic mass is 16.4. The van der Waals surface area contributed by atoms with Crippen LogP contribution in [0.25, 0.3) is 27.4 Å². The Bertz CT molecular complexity index is 1060. The highest BCUT2D eigenvalue weighted by Crippen LogP contribution is 2.30. The molecule has 2 heterocycles. The van der Waals surface area contributed by atoms with E-state index in [9.17, 15) is 9.90 Å². The van der Waals surface area contributed by atoms with Gasteiger partial charge in [-0.2, -0.15) is 0 Å². The summed E-state index contributed by atoms with van der Waals surface area (Å²) in [4.78, 5) is 25.1. The molecule has 0 aliphatic carbocycles. The van der Waals surface area contributed by atoms with Crippen LogP contribution >= 0.6 is 0 Å². The lowest BCUT2D eigenvalue weighted by molar-refractivity contribution is 0.0697. The number of pyridine rings is 1. The number of hydrogen-bond donors (Lipinski definition) is 3. The van der Waals surface area contributed by atoms with Gasteiger partial charge in [0.1, 0.15) is 5.52 Å². The maximum absolute atomic E-state index is 11.3. The van der Waals surface area contributed by atoms with Crippen molar-refractivity contribution in [1.82, 2.24) is 20.3 Å². The molecule has 0 aliphatic heterocycles. The first-order valence-corrected chi connectivity index (χ1v) is 8.67. The number of hydrogen-bond acceptors (Lipinski definition) is 6. The Kier molecular flexibility index (Phi) is 5.30. The number of aromatic nitrogens is 3. The fourth-order valence-corrected chi connectivity index (χ4v) is 2.82. The second-order valence-electron chi connectivity index (χ2n) is 5.97. The molecule has 0 amide bonds. The van der Waals surface area contributed by atoms with Crippen LogP contribution in [0.4, 0.5) is 5.95 Å². The van der Waals surface area contributed by atoms with Gasteiger partial charge >= 0.3 is 5.97 Å². The first-order valence-electron chi connectivity index (χ1n) is 8.67. The van der Waals surface area contributed by atoms with E-state index in [2.05, 4.69) is 34.1 Å². The third-order valence-corrected chi connectivity index (χ3v) is 4.11. The number of benzene rings is 1. The predicted octanol–water partition coefficient (Wildman–Crippen LogP) is 3.44. The van der Waals surface area contributed by atoms with Crippen LogP contribution in [0, 0.1) is 0 Å². The second kappa shape index (κ2) is 7.82. The molecule has 0 spiro atoms. The Morgan fingerprint density at radius 2 is 2.11 bits per heavy atom. The molecule has 138 valence electrons. The molecule has 0 fully saturated rings. The Balaban J connectivity index is 2.35. The maximum Gasteiger partial charge on any atom is 0.335 e. The minimum absolute atomic E-state index is 0.181. The third-order valence-electron chi connectivity index (χ3n) is 4.11. The number of nitrogens with zero attached hydrogens (tertiary/aromatic N) is 3. The number of carboxylic acids is 1. The third kappa shape index (κ3) is 3.57. The Morgan fingerprint density at radius 1 is 1.30 bits per heavy atom. The maximum atomic E-state index is 11.3. The molecule has 1 aromatic carbocycles. The van der Waals surface area contributed by atoms with Gasteiger partial charge in [-0.05, 0) is 18.6 Å². The zero-order chi connectivity index (χ0) is 19.4. The van der Waals surface area contributed by atoms with Crippen molar-refractivity contribution in [2.75, 3.05) is 18.9 Å². The molecular formula is C20H21N5O2. The van der Waals surface area contributed by atoms with Crippen LogP contribution in [0.15, 0.2) is 43.3 Å². The smallest absolute Gasteiger partial charge is 0.335 e.